The molecule has 2 heterocycles. The second-order valence-electron chi connectivity index (χ2n) is 13.5. The molecule has 2 saturated heterocycles. The van der Waals surface area contributed by atoms with Crippen LogP contribution in [0.3, 0.4) is 0 Å². The van der Waals surface area contributed by atoms with E-state index in [2.05, 4.69) is 25.7 Å². The summed E-state index contributed by atoms with van der Waals surface area (Å²) in [7, 11) is 6.80. The molecule has 0 aliphatic carbocycles. The fourth-order valence-corrected chi connectivity index (χ4v) is 8.69. The molecule has 0 aromatic heterocycles. The molecule has 5 rings (SSSR count). The number of hydrogen-bond donors (Lipinski definition) is 0. The SMILES string of the molecule is [B]C1CN(C(C)(C)C)CC(COCP(=O)(N(C)C)N2CCN(C(=O)C(c3ccccc3)(c3ccccc3)c3ccccc3)CC2)O1. The van der Waals surface area contributed by atoms with Crippen molar-refractivity contribution in [3.8, 4) is 0 Å². The van der Waals surface area contributed by atoms with Crippen LogP contribution in [0, 0.1) is 0 Å². The van der Waals surface area contributed by atoms with E-state index in [4.69, 9.17) is 17.3 Å². The van der Waals surface area contributed by atoms with Crippen molar-refractivity contribution in [1.82, 2.24) is 19.1 Å². The van der Waals surface area contributed by atoms with Gasteiger partial charge in [0, 0.05) is 50.8 Å². The minimum atomic E-state index is -3.06. The molecular formula is C36H48BN4O4P. The molecule has 3 aromatic rings. The molecule has 0 saturated carbocycles. The molecule has 2 fully saturated rings. The van der Waals surface area contributed by atoms with Crippen LogP contribution in [-0.4, -0.2) is 117 Å². The van der Waals surface area contributed by atoms with Crippen molar-refractivity contribution in [3.05, 3.63) is 108 Å². The van der Waals surface area contributed by atoms with Gasteiger partial charge in [-0.1, -0.05) is 91.0 Å². The number of carbonyl (C=O) groups excluding carboxylic acids is 1. The van der Waals surface area contributed by atoms with Crippen LogP contribution in [0.1, 0.15) is 37.5 Å². The van der Waals surface area contributed by atoms with E-state index in [1.807, 2.05) is 115 Å². The largest absolute Gasteiger partial charge is 0.380 e. The molecule has 3 aromatic carbocycles. The Balaban J connectivity index is 1.33. The van der Waals surface area contributed by atoms with Crippen LogP contribution in [0.2, 0.25) is 0 Å². The molecule has 0 bridgehead atoms. The molecule has 3 atom stereocenters. The molecule has 8 nitrogen and oxygen atoms in total. The third-order valence-corrected chi connectivity index (χ3v) is 12.3. The van der Waals surface area contributed by atoms with Crippen LogP contribution in [0.4, 0.5) is 0 Å². The maximum atomic E-state index is 15.0. The molecule has 3 unspecified atom stereocenters. The number of hydrogen-bond acceptors (Lipinski definition) is 5. The minimum Gasteiger partial charge on any atom is -0.380 e. The van der Waals surface area contributed by atoms with Gasteiger partial charge in [0.25, 0.3) is 0 Å². The molecule has 0 spiro atoms. The Bertz CT molecular complexity index is 1370. The van der Waals surface area contributed by atoms with E-state index in [0.717, 1.165) is 16.7 Å². The number of benzene rings is 3. The first-order chi connectivity index (χ1) is 22.0. The van der Waals surface area contributed by atoms with E-state index in [1.165, 1.54) is 0 Å². The topological polar surface area (TPSA) is 65.6 Å². The summed E-state index contributed by atoms with van der Waals surface area (Å²) in [6.45, 7) is 10.0. The lowest BCUT2D eigenvalue weighted by atomic mass is 9.68. The molecule has 2 radical (unpaired) electrons. The van der Waals surface area contributed by atoms with Gasteiger partial charge in [0.15, 0.2) is 0 Å². The Kier molecular flexibility index (Phi) is 10.9. The molecule has 1 amide bonds. The Labute approximate surface area is 276 Å². The maximum absolute atomic E-state index is 15.0. The summed E-state index contributed by atoms with van der Waals surface area (Å²) in [5.74, 6) is 0.0147. The van der Waals surface area contributed by atoms with Gasteiger partial charge in [-0.3, -0.25) is 14.3 Å². The Hall–Kier alpha value is -2.78. The van der Waals surface area contributed by atoms with Crippen molar-refractivity contribution in [2.75, 3.05) is 66.3 Å². The normalized spacial score (nSPS) is 21.7. The highest BCUT2D eigenvalue weighted by Crippen LogP contribution is 2.52. The predicted molar refractivity (Wildman–Crippen MR) is 185 cm³/mol. The standard InChI is InChI=1S/C36H48BN4O4P/c1-35(2,3)40-25-32(45-33(37)26-40)27-44-28-46(43,38(4)5)41-23-21-39(22-24-41)34(42)36(29-15-9-6-10-16-29,30-17-11-7-12-18-30)31-19-13-8-14-20-31/h6-20,32-33H,21-28H2,1-5H3. The van der Waals surface area contributed by atoms with Gasteiger partial charge in [-0.2, -0.15) is 0 Å². The highest BCUT2D eigenvalue weighted by atomic mass is 31.2. The Morgan fingerprint density at radius 3 is 1.76 bits per heavy atom. The predicted octanol–water partition coefficient (Wildman–Crippen LogP) is 4.89. The molecule has 0 N–H and O–H groups in total. The van der Waals surface area contributed by atoms with Crippen LogP contribution in [0.15, 0.2) is 91.0 Å². The molecule has 46 heavy (non-hydrogen) atoms. The van der Waals surface area contributed by atoms with E-state index >= 15 is 0 Å². The van der Waals surface area contributed by atoms with E-state index in [9.17, 15) is 9.36 Å². The van der Waals surface area contributed by atoms with E-state index in [0.29, 0.717) is 45.9 Å². The van der Waals surface area contributed by atoms with Crippen LogP contribution >= 0.6 is 7.44 Å². The third kappa shape index (κ3) is 7.20. The quantitative estimate of drug-likeness (QED) is 0.177. The first-order valence-electron chi connectivity index (χ1n) is 16.2. The van der Waals surface area contributed by atoms with Gasteiger partial charge >= 0.3 is 0 Å². The summed E-state index contributed by atoms with van der Waals surface area (Å²) in [6, 6.07) is 29.7. The number of carbonyl (C=O) groups is 1. The molecule has 244 valence electrons. The number of morpholine rings is 1. The lowest BCUT2D eigenvalue weighted by Gasteiger charge is -2.45. The molecule has 10 heteroatoms. The summed E-state index contributed by atoms with van der Waals surface area (Å²) >= 11 is 0. The number of ether oxygens (including phenoxy) is 2. The summed E-state index contributed by atoms with van der Waals surface area (Å²) < 4.78 is 30.4. The molecule has 2 aliphatic rings. The van der Waals surface area contributed by atoms with Gasteiger partial charge in [0.2, 0.25) is 13.4 Å². The van der Waals surface area contributed by atoms with E-state index in [1.54, 1.807) is 4.67 Å². The Morgan fingerprint density at radius 2 is 1.33 bits per heavy atom. The van der Waals surface area contributed by atoms with Gasteiger partial charge in [-0.15, -0.1) is 0 Å². The van der Waals surface area contributed by atoms with Crippen LogP contribution < -0.4 is 0 Å². The number of rotatable bonds is 10. The third-order valence-electron chi connectivity index (χ3n) is 9.25. The van der Waals surface area contributed by atoms with Crippen molar-refractivity contribution in [2.45, 2.75) is 43.8 Å². The zero-order valence-electron chi connectivity index (χ0n) is 27.9. The second-order valence-corrected chi connectivity index (χ2v) is 16.4. The lowest BCUT2D eigenvalue weighted by molar-refractivity contribution is -0.135. The maximum Gasteiger partial charge on any atom is 0.242 e. The summed E-state index contributed by atoms with van der Waals surface area (Å²) in [6.07, 6.45) is -0.129. The highest BCUT2D eigenvalue weighted by molar-refractivity contribution is 7.58. The molecule has 2 aliphatic heterocycles. The van der Waals surface area contributed by atoms with Crippen molar-refractivity contribution in [3.63, 3.8) is 0 Å². The fraction of sp³-hybridized carbons (Fsp3) is 0.472. The number of amides is 1. The first-order valence-corrected chi connectivity index (χ1v) is 18.0. The van der Waals surface area contributed by atoms with Crippen molar-refractivity contribution < 1.29 is 18.8 Å². The average molecular weight is 643 g/mol. The average Bonchev–Trinajstić information content (AvgIpc) is 3.06. The smallest absolute Gasteiger partial charge is 0.242 e. The van der Waals surface area contributed by atoms with Gasteiger partial charge in [0.1, 0.15) is 19.6 Å². The zero-order chi connectivity index (χ0) is 33.0. The highest BCUT2D eigenvalue weighted by Gasteiger charge is 2.47. The zero-order valence-corrected chi connectivity index (χ0v) is 28.8. The first kappa shape index (κ1) is 34.6. The van der Waals surface area contributed by atoms with Gasteiger partial charge in [-0.05, 0) is 51.6 Å². The number of piperazine rings is 1. The lowest BCUT2D eigenvalue weighted by Crippen LogP contribution is -2.56. The fourth-order valence-electron chi connectivity index (χ4n) is 6.65. The summed E-state index contributed by atoms with van der Waals surface area (Å²) in [4.78, 5) is 19.2. The van der Waals surface area contributed by atoms with Crippen LogP contribution in [-0.2, 0) is 24.2 Å². The monoisotopic (exact) mass is 642 g/mol. The van der Waals surface area contributed by atoms with Gasteiger partial charge < -0.3 is 14.4 Å². The van der Waals surface area contributed by atoms with Gasteiger partial charge in [0.05, 0.1) is 12.7 Å². The van der Waals surface area contributed by atoms with Crippen LogP contribution in [0.5, 0.6) is 0 Å². The van der Waals surface area contributed by atoms with Crippen molar-refractivity contribution in [2.24, 2.45) is 0 Å². The van der Waals surface area contributed by atoms with E-state index < -0.39 is 12.9 Å². The minimum absolute atomic E-state index is 0.0147. The summed E-state index contributed by atoms with van der Waals surface area (Å²) in [5.41, 5.74) is 1.70. The van der Waals surface area contributed by atoms with Crippen LogP contribution in [0.25, 0.3) is 0 Å². The van der Waals surface area contributed by atoms with Gasteiger partial charge in [-0.25, -0.2) is 9.34 Å². The van der Waals surface area contributed by atoms with E-state index in [-0.39, 0.29) is 29.9 Å². The van der Waals surface area contributed by atoms with Crippen molar-refractivity contribution >= 4 is 21.2 Å². The number of nitrogens with zero attached hydrogens (tertiary/aromatic N) is 4. The summed E-state index contributed by atoms with van der Waals surface area (Å²) in [5, 5.41) is 0. The second kappa shape index (κ2) is 14.6. The Morgan fingerprint density at radius 1 is 0.848 bits per heavy atom. The van der Waals surface area contributed by atoms with Crippen molar-refractivity contribution in [1.29, 1.82) is 0 Å². The molecular weight excluding hydrogens is 594 g/mol.